The summed E-state index contributed by atoms with van der Waals surface area (Å²) < 4.78 is 1.38. The highest BCUT2D eigenvalue weighted by atomic mass is 35.5. The lowest BCUT2D eigenvalue weighted by Gasteiger charge is -2.07. The normalized spacial score (nSPS) is 10.4. The fraction of sp³-hybridized carbons (Fsp3) is 0.0909. The molecule has 0 atom stereocenters. The van der Waals surface area contributed by atoms with Gasteiger partial charge in [0.15, 0.2) is 5.15 Å². The van der Waals surface area contributed by atoms with Crippen molar-refractivity contribution >= 4 is 23.2 Å². The van der Waals surface area contributed by atoms with E-state index in [-0.39, 0.29) is 15.7 Å². The van der Waals surface area contributed by atoms with Crippen molar-refractivity contribution in [2.45, 2.75) is 0 Å². The largest absolute Gasteiger partial charge is 0.286 e. The molecule has 0 bridgehead atoms. The van der Waals surface area contributed by atoms with Crippen LogP contribution in [0.3, 0.4) is 0 Å². The minimum atomic E-state index is -0.351. The highest BCUT2D eigenvalue weighted by Crippen LogP contribution is 2.24. The van der Waals surface area contributed by atoms with Crippen LogP contribution in [0, 0.1) is 0 Å². The van der Waals surface area contributed by atoms with E-state index in [2.05, 4.69) is 5.10 Å². The highest BCUT2D eigenvalue weighted by molar-refractivity contribution is 6.33. The van der Waals surface area contributed by atoms with E-state index in [0.29, 0.717) is 5.56 Å². The first-order valence-electron chi connectivity index (χ1n) is 4.59. The van der Waals surface area contributed by atoms with E-state index in [0.717, 1.165) is 5.56 Å². The molecule has 3 nitrogen and oxygen atoms in total. The van der Waals surface area contributed by atoms with E-state index in [1.165, 1.54) is 4.68 Å². The average molecular weight is 255 g/mol. The van der Waals surface area contributed by atoms with Gasteiger partial charge in [-0.25, -0.2) is 0 Å². The number of rotatable bonds is 1. The summed E-state index contributed by atoms with van der Waals surface area (Å²) in [5.41, 5.74) is 0.762. The molecule has 0 saturated carbocycles. The zero-order valence-corrected chi connectivity index (χ0v) is 9.96. The quantitative estimate of drug-likeness (QED) is 0.785. The van der Waals surface area contributed by atoms with E-state index >= 15 is 0 Å². The first-order valence-corrected chi connectivity index (χ1v) is 5.34. The van der Waals surface area contributed by atoms with Gasteiger partial charge in [0.05, 0.1) is 5.56 Å². The van der Waals surface area contributed by atoms with Crippen LogP contribution in [0.2, 0.25) is 10.3 Å². The lowest BCUT2D eigenvalue weighted by Crippen LogP contribution is -2.14. The van der Waals surface area contributed by atoms with Crippen LogP contribution in [0.5, 0.6) is 0 Å². The Hall–Kier alpha value is -1.32. The molecule has 82 valence electrons. The van der Waals surface area contributed by atoms with Gasteiger partial charge >= 0.3 is 0 Å². The van der Waals surface area contributed by atoms with Crippen molar-refractivity contribution < 1.29 is 0 Å². The first-order chi connectivity index (χ1) is 7.61. The molecule has 0 saturated heterocycles. The SMILES string of the molecule is Cn1nc(Cl)c(=O)c(-c2ccccc2)c1Cl. The van der Waals surface area contributed by atoms with Crippen LogP contribution < -0.4 is 5.43 Å². The number of hydrogen-bond acceptors (Lipinski definition) is 2. The maximum atomic E-state index is 11.9. The molecule has 0 N–H and O–H groups in total. The van der Waals surface area contributed by atoms with Gasteiger partial charge in [0.1, 0.15) is 5.15 Å². The summed E-state index contributed by atoms with van der Waals surface area (Å²) in [6.07, 6.45) is 0. The average Bonchev–Trinajstić information content (AvgIpc) is 2.28. The van der Waals surface area contributed by atoms with Gasteiger partial charge < -0.3 is 0 Å². The summed E-state index contributed by atoms with van der Waals surface area (Å²) in [4.78, 5) is 11.9. The maximum Gasteiger partial charge on any atom is 0.228 e. The second kappa shape index (κ2) is 4.28. The number of benzene rings is 1. The minimum absolute atomic E-state index is 0.0780. The fourth-order valence-corrected chi connectivity index (χ4v) is 1.88. The zero-order valence-electron chi connectivity index (χ0n) is 8.45. The van der Waals surface area contributed by atoms with Crippen LogP contribution in [0.25, 0.3) is 11.1 Å². The standard InChI is InChI=1S/C11H8Cl2N2O/c1-15-11(13)8(9(16)10(12)14-15)7-5-3-2-4-6-7/h2-6H,1H3. The van der Waals surface area contributed by atoms with Crippen LogP contribution >= 0.6 is 23.2 Å². The summed E-state index contributed by atoms with van der Waals surface area (Å²) >= 11 is 11.8. The monoisotopic (exact) mass is 254 g/mol. The van der Waals surface area contributed by atoms with Crippen molar-refractivity contribution in [2.24, 2.45) is 7.05 Å². The third-order valence-electron chi connectivity index (χ3n) is 2.21. The van der Waals surface area contributed by atoms with Gasteiger partial charge in [-0.15, -0.1) is 0 Å². The second-order valence-corrected chi connectivity index (χ2v) is 3.99. The molecule has 1 aromatic carbocycles. The Balaban J connectivity index is 2.80. The van der Waals surface area contributed by atoms with Gasteiger partial charge in [-0.1, -0.05) is 53.5 Å². The lowest BCUT2D eigenvalue weighted by atomic mass is 10.1. The number of nitrogens with zero attached hydrogens (tertiary/aromatic N) is 2. The summed E-state index contributed by atoms with van der Waals surface area (Å²) in [5.74, 6) is 0. The summed E-state index contributed by atoms with van der Waals surface area (Å²) in [7, 11) is 1.64. The van der Waals surface area contributed by atoms with E-state index in [9.17, 15) is 4.79 Å². The van der Waals surface area contributed by atoms with Crippen molar-refractivity contribution in [1.29, 1.82) is 0 Å². The minimum Gasteiger partial charge on any atom is -0.286 e. The summed E-state index contributed by atoms with van der Waals surface area (Å²) in [5, 5.41) is 4.00. The Morgan fingerprint density at radius 1 is 1.19 bits per heavy atom. The molecular formula is C11H8Cl2N2O. The summed E-state index contributed by atoms with van der Waals surface area (Å²) in [6.45, 7) is 0. The molecule has 1 heterocycles. The molecule has 0 aliphatic rings. The van der Waals surface area contributed by atoms with Crippen molar-refractivity contribution in [3.05, 3.63) is 50.9 Å². The Morgan fingerprint density at radius 3 is 2.44 bits per heavy atom. The number of aryl methyl sites for hydroxylation is 1. The van der Waals surface area contributed by atoms with E-state index in [4.69, 9.17) is 23.2 Å². The lowest BCUT2D eigenvalue weighted by molar-refractivity contribution is 0.738. The van der Waals surface area contributed by atoms with Gasteiger partial charge in [0.2, 0.25) is 5.43 Å². The van der Waals surface area contributed by atoms with Crippen LogP contribution in [-0.2, 0) is 7.05 Å². The van der Waals surface area contributed by atoms with E-state index < -0.39 is 0 Å². The zero-order chi connectivity index (χ0) is 11.7. The van der Waals surface area contributed by atoms with Crippen LogP contribution in [0.15, 0.2) is 35.1 Å². The third kappa shape index (κ3) is 1.84. The molecule has 2 aromatic rings. The molecular weight excluding hydrogens is 247 g/mol. The second-order valence-electron chi connectivity index (χ2n) is 3.28. The number of halogens is 2. The van der Waals surface area contributed by atoms with Crippen molar-refractivity contribution in [3.8, 4) is 11.1 Å². The topological polar surface area (TPSA) is 34.9 Å². The molecule has 0 aliphatic carbocycles. The molecule has 0 aliphatic heterocycles. The Bertz CT molecular complexity index is 579. The predicted octanol–water partition coefficient (Wildman–Crippen LogP) is 2.75. The first kappa shape index (κ1) is 11.2. The fourth-order valence-electron chi connectivity index (χ4n) is 1.43. The van der Waals surface area contributed by atoms with Crippen LogP contribution in [0.1, 0.15) is 0 Å². The van der Waals surface area contributed by atoms with Crippen LogP contribution in [-0.4, -0.2) is 9.78 Å². The van der Waals surface area contributed by atoms with Gasteiger partial charge in [0, 0.05) is 7.05 Å². The smallest absolute Gasteiger partial charge is 0.228 e. The van der Waals surface area contributed by atoms with E-state index in [1.54, 1.807) is 19.2 Å². The third-order valence-corrected chi connectivity index (χ3v) is 2.89. The molecule has 0 spiro atoms. The van der Waals surface area contributed by atoms with Crippen molar-refractivity contribution in [1.82, 2.24) is 9.78 Å². The maximum absolute atomic E-state index is 11.9. The molecule has 1 aromatic heterocycles. The molecule has 2 rings (SSSR count). The predicted molar refractivity (Wildman–Crippen MR) is 64.9 cm³/mol. The molecule has 0 amide bonds. The Morgan fingerprint density at radius 2 is 1.81 bits per heavy atom. The Kier molecular flexibility index (Phi) is 2.99. The van der Waals surface area contributed by atoms with Crippen LogP contribution in [0.4, 0.5) is 0 Å². The van der Waals surface area contributed by atoms with Crippen molar-refractivity contribution in [2.75, 3.05) is 0 Å². The summed E-state index contributed by atoms with van der Waals surface area (Å²) in [6, 6.07) is 9.14. The van der Waals surface area contributed by atoms with Gasteiger partial charge in [-0.05, 0) is 5.56 Å². The van der Waals surface area contributed by atoms with Gasteiger partial charge in [-0.2, -0.15) is 5.10 Å². The van der Waals surface area contributed by atoms with Crippen molar-refractivity contribution in [3.63, 3.8) is 0 Å². The molecule has 0 fully saturated rings. The molecule has 16 heavy (non-hydrogen) atoms. The van der Waals surface area contributed by atoms with Gasteiger partial charge in [0.25, 0.3) is 0 Å². The number of aromatic nitrogens is 2. The molecule has 0 unspecified atom stereocenters. The van der Waals surface area contributed by atoms with E-state index in [1.807, 2.05) is 18.2 Å². The Labute approximate surface area is 102 Å². The number of hydrogen-bond donors (Lipinski definition) is 0. The van der Waals surface area contributed by atoms with Gasteiger partial charge in [-0.3, -0.25) is 9.48 Å². The molecule has 0 radical (unpaired) electrons. The molecule has 5 heteroatoms. The highest BCUT2D eigenvalue weighted by Gasteiger charge is 2.14.